The highest BCUT2D eigenvalue weighted by atomic mass is 15.2. The van der Waals surface area contributed by atoms with Crippen LogP contribution in [0.15, 0.2) is 0 Å². The van der Waals surface area contributed by atoms with Crippen molar-refractivity contribution in [2.45, 2.75) is 59.0 Å². The van der Waals surface area contributed by atoms with Gasteiger partial charge in [0.25, 0.3) is 0 Å². The molecule has 1 N–H and O–H groups in total. The van der Waals surface area contributed by atoms with E-state index < -0.39 is 0 Å². The van der Waals surface area contributed by atoms with Gasteiger partial charge < -0.3 is 5.32 Å². The molecule has 90 valence electrons. The second-order valence-electron chi connectivity index (χ2n) is 5.98. The van der Waals surface area contributed by atoms with E-state index in [2.05, 4.69) is 44.8 Å². The first-order chi connectivity index (χ1) is 6.94. The molecule has 0 aromatic heterocycles. The standard InChI is InChI=1S/C13H28N2/c1-6-12-9-14-13(4,5)10-15(12)8-7-11(2)3/h11-12,14H,6-10H2,1-5H3. The second-order valence-corrected chi connectivity index (χ2v) is 5.98. The molecule has 0 radical (unpaired) electrons. The molecule has 2 nitrogen and oxygen atoms in total. The molecule has 1 saturated heterocycles. The van der Waals surface area contributed by atoms with Gasteiger partial charge in [-0.3, -0.25) is 4.90 Å². The van der Waals surface area contributed by atoms with Gasteiger partial charge >= 0.3 is 0 Å². The largest absolute Gasteiger partial charge is 0.309 e. The van der Waals surface area contributed by atoms with Crippen LogP contribution in [-0.2, 0) is 0 Å². The van der Waals surface area contributed by atoms with Crippen LogP contribution in [0.3, 0.4) is 0 Å². The van der Waals surface area contributed by atoms with Crippen LogP contribution in [0.5, 0.6) is 0 Å². The average Bonchev–Trinajstić information content (AvgIpc) is 2.13. The number of hydrogen-bond donors (Lipinski definition) is 1. The third kappa shape index (κ3) is 4.12. The summed E-state index contributed by atoms with van der Waals surface area (Å²) in [5, 5.41) is 3.64. The predicted molar refractivity (Wildman–Crippen MR) is 67.2 cm³/mol. The number of nitrogens with zero attached hydrogens (tertiary/aromatic N) is 1. The molecule has 1 aliphatic rings. The van der Waals surface area contributed by atoms with Crippen LogP contribution in [0.4, 0.5) is 0 Å². The first kappa shape index (κ1) is 13.0. The van der Waals surface area contributed by atoms with E-state index in [1.165, 1.54) is 25.9 Å². The second kappa shape index (κ2) is 5.31. The van der Waals surface area contributed by atoms with Gasteiger partial charge in [-0.1, -0.05) is 20.8 Å². The summed E-state index contributed by atoms with van der Waals surface area (Å²) in [6, 6.07) is 0.747. The molecule has 15 heavy (non-hydrogen) atoms. The molecule has 0 aromatic carbocycles. The summed E-state index contributed by atoms with van der Waals surface area (Å²) in [5.41, 5.74) is 0.294. The van der Waals surface area contributed by atoms with Crippen molar-refractivity contribution in [3.8, 4) is 0 Å². The summed E-state index contributed by atoms with van der Waals surface area (Å²) in [6.07, 6.45) is 2.59. The molecule has 1 fully saturated rings. The predicted octanol–water partition coefficient (Wildman–Crippen LogP) is 2.49. The van der Waals surface area contributed by atoms with E-state index in [-0.39, 0.29) is 0 Å². The molecule has 0 aliphatic carbocycles. The number of nitrogens with one attached hydrogen (secondary N) is 1. The SMILES string of the molecule is CCC1CNC(C)(C)CN1CCC(C)C. The van der Waals surface area contributed by atoms with E-state index in [0.29, 0.717) is 5.54 Å². The zero-order valence-electron chi connectivity index (χ0n) is 11.1. The van der Waals surface area contributed by atoms with E-state index in [9.17, 15) is 0 Å². The molecule has 2 heteroatoms. The minimum absolute atomic E-state index is 0.294. The van der Waals surface area contributed by atoms with Gasteiger partial charge in [0.15, 0.2) is 0 Å². The van der Waals surface area contributed by atoms with Gasteiger partial charge in [0.2, 0.25) is 0 Å². The zero-order chi connectivity index (χ0) is 11.5. The first-order valence-electron chi connectivity index (χ1n) is 6.43. The maximum Gasteiger partial charge on any atom is 0.0252 e. The third-order valence-electron chi connectivity index (χ3n) is 3.40. The fourth-order valence-electron chi connectivity index (χ4n) is 2.30. The van der Waals surface area contributed by atoms with Crippen molar-refractivity contribution in [1.29, 1.82) is 0 Å². The van der Waals surface area contributed by atoms with Gasteiger partial charge in [-0.15, -0.1) is 0 Å². The Morgan fingerprint density at radius 2 is 2.07 bits per heavy atom. The minimum Gasteiger partial charge on any atom is -0.309 e. The lowest BCUT2D eigenvalue weighted by Crippen LogP contribution is -2.61. The first-order valence-corrected chi connectivity index (χ1v) is 6.43. The molecule has 0 bridgehead atoms. The lowest BCUT2D eigenvalue weighted by molar-refractivity contribution is 0.0881. The van der Waals surface area contributed by atoms with Crippen molar-refractivity contribution < 1.29 is 0 Å². The van der Waals surface area contributed by atoms with E-state index in [0.717, 1.165) is 18.5 Å². The molecule has 1 rings (SSSR count). The van der Waals surface area contributed by atoms with Crippen molar-refractivity contribution in [2.24, 2.45) is 5.92 Å². The van der Waals surface area contributed by atoms with Gasteiger partial charge in [0.05, 0.1) is 0 Å². The summed E-state index contributed by atoms with van der Waals surface area (Å²) >= 11 is 0. The minimum atomic E-state index is 0.294. The van der Waals surface area contributed by atoms with Crippen LogP contribution >= 0.6 is 0 Å². The summed E-state index contributed by atoms with van der Waals surface area (Å²) in [4.78, 5) is 2.68. The molecule has 0 amide bonds. The molecule has 0 spiro atoms. The third-order valence-corrected chi connectivity index (χ3v) is 3.40. The number of piperazine rings is 1. The topological polar surface area (TPSA) is 15.3 Å². The average molecular weight is 212 g/mol. The Morgan fingerprint density at radius 3 is 2.60 bits per heavy atom. The number of rotatable bonds is 4. The normalized spacial score (nSPS) is 27.2. The van der Waals surface area contributed by atoms with Crippen molar-refractivity contribution in [2.75, 3.05) is 19.6 Å². The highest BCUT2D eigenvalue weighted by Crippen LogP contribution is 2.18. The summed E-state index contributed by atoms with van der Waals surface area (Å²) in [7, 11) is 0. The lowest BCUT2D eigenvalue weighted by atomic mass is 9.96. The van der Waals surface area contributed by atoms with Crippen molar-refractivity contribution >= 4 is 0 Å². The van der Waals surface area contributed by atoms with E-state index in [1.807, 2.05) is 0 Å². The molecule has 0 saturated carbocycles. The van der Waals surface area contributed by atoms with Gasteiger partial charge in [0.1, 0.15) is 0 Å². The molecule has 1 atom stereocenters. The molecule has 1 heterocycles. The Kier molecular flexibility index (Phi) is 4.60. The van der Waals surface area contributed by atoms with Crippen LogP contribution in [0.2, 0.25) is 0 Å². The monoisotopic (exact) mass is 212 g/mol. The van der Waals surface area contributed by atoms with Gasteiger partial charge in [-0.05, 0) is 39.2 Å². The van der Waals surface area contributed by atoms with E-state index in [4.69, 9.17) is 0 Å². The molecular weight excluding hydrogens is 184 g/mol. The molecule has 0 aromatic rings. The van der Waals surface area contributed by atoms with Crippen LogP contribution in [-0.4, -0.2) is 36.1 Å². The Balaban J connectivity index is 2.48. The fraction of sp³-hybridized carbons (Fsp3) is 1.00. The summed E-state index contributed by atoms with van der Waals surface area (Å²) in [5.74, 6) is 0.820. The lowest BCUT2D eigenvalue weighted by Gasteiger charge is -2.44. The fourth-order valence-corrected chi connectivity index (χ4v) is 2.30. The summed E-state index contributed by atoms with van der Waals surface area (Å²) < 4.78 is 0. The smallest absolute Gasteiger partial charge is 0.0252 e. The van der Waals surface area contributed by atoms with Crippen molar-refractivity contribution in [1.82, 2.24) is 10.2 Å². The quantitative estimate of drug-likeness (QED) is 0.770. The molecular formula is C13H28N2. The Morgan fingerprint density at radius 1 is 1.40 bits per heavy atom. The Bertz CT molecular complexity index is 187. The molecule has 1 unspecified atom stereocenters. The van der Waals surface area contributed by atoms with Crippen molar-refractivity contribution in [3.63, 3.8) is 0 Å². The zero-order valence-corrected chi connectivity index (χ0v) is 11.1. The highest BCUT2D eigenvalue weighted by Gasteiger charge is 2.30. The van der Waals surface area contributed by atoms with Gasteiger partial charge in [0, 0.05) is 24.7 Å². The Labute approximate surface area is 95.4 Å². The Hall–Kier alpha value is -0.0800. The van der Waals surface area contributed by atoms with Crippen LogP contribution in [0.1, 0.15) is 47.5 Å². The van der Waals surface area contributed by atoms with Crippen molar-refractivity contribution in [3.05, 3.63) is 0 Å². The van der Waals surface area contributed by atoms with Gasteiger partial charge in [-0.25, -0.2) is 0 Å². The van der Waals surface area contributed by atoms with Crippen LogP contribution < -0.4 is 5.32 Å². The summed E-state index contributed by atoms with van der Waals surface area (Å²) in [6.45, 7) is 15.2. The number of hydrogen-bond acceptors (Lipinski definition) is 2. The maximum absolute atomic E-state index is 3.64. The maximum atomic E-state index is 3.64. The van der Waals surface area contributed by atoms with E-state index >= 15 is 0 Å². The molecule has 1 aliphatic heterocycles. The van der Waals surface area contributed by atoms with E-state index in [1.54, 1.807) is 0 Å². The van der Waals surface area contributed by atoms with Crippen LogP contribution in [0, 0.1) is 5.92 Å². The highest BCUT2D eigenvalue weighted by molar-refractivity contribution is 4.91. The van der Waals surface area contributed by atoms with Gasteiger partial charge in [-0.2, -0.15) is 0 Å². The van der Waals surface area contributed by atoms with Crippen LogP contribution in [0.25, 0.3) is 0 Å².